The van der Waals surface area contributed by atoms with Gasteiger partial charge in [-0.25, -0.2) is 0 Å². The number of aliphatic hydroxyl groups excluding tert-OH is 1. The highest BCUT2D eigenvalue weighted by atomic mass is 35.5. The molecule has 0 saturated heterocycles. The smallest absolute Gasteiger partial charge is 0.259 e. The molecule has 10 heteroatoms. The molecule has 1 aliphatic carbocycles. The first-order valence-corrected chi connectivity index (χ1v) is 10.8. The van der Waals surface area contributed by atoms with Gasteiger partial charge >= 0.3 is 0 Å². The number of halogens is 2. The fourth-order valence-electron chi connectivity index (χ4n) is 4.18. The molecule has 0 aromatic heterocycles. The van der Waals surface area contributed by atoms with Crippen molar-refractivity contribution >= 4 is 40.7 Å². The second kappa shape index (κ2) is 8.38. The number of nitrogens with one attached hydrogen (secondary N) is 1. The lowest BCUT2D eigenvalue weighted by Gasteiger charge is -2.27. The number of ketones is 2. The Labute approximate surface area is 204 Å². The van der Waals surface area contributed by atoms with Crippen molar-refractivity contribution in [3.8, 4) is 17.2 Å². The molecule has 8 nitrogen and oxygen atoms in total. The first kappa shape index (κ1) is 23.7. The van der Waals surface area contributed by atoms with Crippen LogP contribution in [-0.4, -0.2) is 34.8 Å². The van der Waals surface area contributed by atoms with Crippen LogP contribution in [0.25, 0.3) is 0 Å². The molecule has 0 radical (unpaired) electrons. The molecule has 0 spiro atoms. The van der Waals surface area contributed by atoms with Gasteiger partial charge in [0.1, 0.15) is 39.6 Å². The van der Waals surface area contributed by atoms with Crippen molar-refractivity contribution in [2.75, 3.05) is 7.11 Å². The average Bonchev–Trinajstić information content (AvgIpc) is 3.06. The van der Waals surface area contributed by atoms with E-state index in [0.717, 1.165) is 13.0 Å². The van der Waals surface area contributed by atoms with E-state index in [4.69, 9.17) is 32.7 Å². The summed E-state index contributed by atoms with van der Waals surface area (Å²) in [6.07, 6.45) is 1.13. The molecule has 3 N–H and O–H groups in total. The second-order valence-corrected chi connectivity index (χ2v) is 8.76. The highest BCUT2D eigenvalue weighted by molar-refractivity contribution is 6.36. The maximum Gasteiger partial charge on any atom is 0.259 e. The molecule has 1 heterocycles. The minimum Gasteiger partial charge on any atom is -0.507 e. The molecule has 2 aromatic rings. The van der Waals surface area contributed by atoms with Crippen molar-refractivity contribution in [3.63, 3.8) is 0 Å². The van der Waals surface area contributed by atoms with E-state index >= 15 is 0 Å². The van der Waals surface area contributed by atoms with E-state index < -0.39 is 34.2 Å². The number of allylic oxidation sites excluding steroid dienone is 3. The molecule has 0 bridgehead atoms. The van der Waals surface area contributed by atoms with E-state index in [0.29, 0.717) is 15.6 Å². The lowest BCUT2D eigenvalue weighted by atomic mass is 9.71. The largest absolute Gasteiger partial charge is 0.507 e. The van der Waals surface area contributed by atoms with Crippen LogP contribution in [-0.2, 0) is 21.5 Å². The Morgan fingerprint density at radius 3 is 2.44 bits per heavy atom. The minimum absolute atomic E-state index is 0.0155. The van der Waals surface area contributed by atoms with Crippen LogP contribution in [0.5, 0.6) is 17.2 Å². The van der Waals surface area contributed by atoms with Crippen LogP contribution >= 0.6 is 23.2 Å². The summed E-state index contributed by atoms with van der Waals surface area (Å²) < 4.78 is 11.1. The Balaban J connectivity index is 1.82. The number of aromatic hydroxyl groups is 1. The molecular formula is C24H19Cl2NO7. The third kappa shape index (κ3) is 3.41. The van der Waals surface area contributed by atoms with Crippen molar-refractivity contribution < 1.29 is 34.1 Å². The molecule has 4 rings (SSSR count). The summed E-state index contributed by atoms with van der Waals surface area (Å²) in [6, 6.07) is 6.12. The number of methoxy groups -OCH3 is 1. The quantitative estimate of drug-likeness (QED) is 0.523. The maximum atomic E-state index is 13.3. The van der Waals surface area contributed by atoms with E-state index in [-0.39, 0.29) is 40.7 Å². The predicted molar refractivity (Wildman–Crippen MR) is 124 cm³/mol. The predicted octanol–water partition coefficient (Wildman–Crippen LogP) is 4.16. The zero-order chi connectivity index (χ0) is 24.9. The number of aliphatic hydroxyl groups is 1. The third-order valence-corrected chi connectivity index (χ3v) is 6.63. The van der Waals surface area contributed by atoms with Crippen LogP contribution in [0.3, 0.4) is 0 Å². The topological polar surface area (TPSA) is 122 Å². The van der Waals surface area contributed by atoms with Crippen molar-refractivity contribution in [2.45, 2.75) is 25.8 Å². The lowest BCUT2D eigenvalue weighted by Crippen LogP contribution is -2.38. The molecule has 0 unspecified atom stereocenters. The van der Waals surface area contributed by atoms with Gasteiger partial charge in [-0.15, -0.1) is 0 Å². The summed E-state index contributed by atoms with van der Waals surface area (Å²) in [7, 11) is 1.30. The normalized spacial score (nSPS) is 18.6. The number of hydrogen-bond donors (Lipinski definition) is 3. The number of carbonyl (C=O) groups excluding carboxylic acids is 3. The number of rotatable bonds is 5. The molecular weight excluding hydrogens is 485 g/mol. The fraction of sp³-hybridized carbons (Fsp3) is 0.208. The number of fused-ring (bicyclic) bond motifs is 3. The molecule has 0 fully saturated rings. The number of benzene rings is 2. The highest BCUT2D eigenvalue weighted by Gasteiger charge is 2.55. The summed E-state index contributed by atoms with van der Waals surface area (Å²) in [5.74, 6) is -3.16. The van der Waals surface area contributed by atoms with Crippen molar-refractivity contribution in [2.24, 2.45) is 0 Å². The van der Waals surface area contributed by atoms with E-state index in [9.17, 15) is 24.6 Å². The van der Waals surface area contributed by atoms with Gasteiger partial charge in [0.05, 0.1) is 12.7 Å². The van der Waals surface area contributed by atoms with Crippen LogP contribution in [0.4, 0.5) is 0 Å². The molecule has 2 aliphatic rings. The highest BCUT2D eigenvalue weighted by Crippen LogP contribution is 2.56. The van der Waals surface area contributed by atoms with Gasteiger partial charge < -0.3 is 25.0 Å². The van der Waals surface area contributed by atoms with Gasteiger partial charge in [-0.05, 0) is 26.0 Å². The Morgan fingerprint density at radius 2 is 1.85 bits per heavy atom. The van der Waals surface area contributed by atoms with Gasteiger partial charge in [-0.1, -0.05) is 29.3 Å². The molecule has 2 aromatic carbocycles. The number of ether oxygens (including phenoxy) is 2. The van der Waals surface area contributed by atoms with Crippen LogP contribution in [0.2, 0.25) is 10.0 Å². The molecule has 1 amide bonds. The van der Waals surface area contributed by atoms with Crippen molar-refractivity contribution in [1.82, 2.24) is 5.32 Å². The van der Waals surface area contributed by atoms with Gasteiger partial charge in [0.2, 0.25) is 0 Å². The van der Waals surface area contributed by atoms with Crippen molar-refractivity contribution in [3.05, 3.63) is 74.2 Å². The second-order valence-electron chi connectivity index (χ2n) is 7.94. The number of amides is 1. The third-order valence-electron chi connectivity index (χ3n) is 5.92. The summed E-state index contributed by atoms with van der Waals surface area (Å²) in [6.45, 7) is 2.57. The zero-order valence-corrected chi connectivity index (χ0v) is 19.8. The number of Topliss-reactive ketones (excluding diaryl/α,β-unsaturated/α-hetero) is 2. The number of phenolic OH excluding ortho intramolecular Hbond substituents is 1. The van der Waals surface area contributed by atoms with Gasteiger partial charge in [-0.2, -0.15) is 0 Å². The van der Waals surface area contributed by atoms with Crippen LogP contribution in [0.15, 0.2) is 47.4 Å². The Bertz CT molecular complexity index is 1330. The molecule has 34 heavy (non-hydrogen) atoms. The van der Waals surface area contributed by atoms with E-state index in [1.807, 2.05) is 0 Å². The summed E-state index contributed by atoms with van der Waals surface area (Å²) >= 11 is 12.4. The molecule has 1 aliphatic heterocycles. The molecule has 0 saturated carbocycles. The van der Waals surface area contributed by atoms with E-state index in [2.05, 4.69) is 5.32 Å². The Kier molecular flexibility index (Phi) is 5.83. The van der Waals surface area contributed by atoms with Crippen LogP contribution < -0.4 is 14.8 Å². The summed E-state index contributed by atoms with van der Waals surface area (Å²) in [5, 5.41) is 24.4. The van der Waals surface area contributed by atoms with Crippen molar-refractivity contribution in [1.29, 1.82) is 0 Å². The maximum absolute atomic E-state index is 13.3. The van der Waals surface area contributed by atoms with Gasteiger partial charge in [-0.3, -0.25) is 14.4 Å². The first-order chi connectivity index (χ1) is 16.0. The molecule has 1 atom stereocenters. The summed E-state index contributed by atoms with van der Waals surface area (Å²) in [5.41, 5.74) is -1.67. The minimum atomic E-state index is -1.64. The van der Waals surface area contributed by atoms with Gasteiger partial charge in [0.15, 0.2) is 17.3 Å². The van der Waals surface area contributed by atoms with Gasteiger partial charge in [0, 0.05) is 34.3 Å². The number of hydrogen-bond acceptors (Lipinski definition) is 7. The number of carbonyl (C=O) groups is 3. The van der Waals surface area contributed by atoms with E-state index in [1.165, 1.54) is 20.1 Å². The first-order valence-electron chi connectivity index (χ1n) is 10.1. The standard InChI is InChI=1S/C24H19Cl2NO7/c1-10(28)18-14(29)8-17-24(2,22(18)31)20-15(30)7-16(33-3)19(21(20)34-17)23(32)27-9-11-12(25)5-4-6-13(11)26/h4-8,29-30H,9H2,1-3H3,(H,27,32)/t24-/m1/s1. The lowest BCUT2D eigenvalue weighted by molar-refractivity contribution is -0.123. The fourth-order valence-corrected chi connectivity index (χ4v) is 4.71. The average molecular weight is 504 g/mol. The zero-order valence-electron chi connectivity index (χ0n) is 18.3. The Hall–Kier alpha value is -3.49. The monoisotopic (exact) mass is 503 g/mol. The van der Waals surface area contributed by atoms with Crippen LogP contribution in [0.1, 0.15) is 35.3 Å². The SMILES string of the molecule is COc1cc(O)c2c(c1C(=O)NCc1c(Cl)cccc1Cl)OC1=CC(O)=C(C(C)=O)C(=O)[C@]12C. The Morgan fingerprint density at radius 1 is 1.21 bits per heavy atom. The van der Waals surface area contributed by atoms with Crippen LogP contribution in [0, 0.1) is 0 Å². The summed E-state index contributed by atoms with van der Waals surface area (Å²) in [4.78, 5) is 38.6. The van der Waals surface area contributed by atoms with Gasteiger partial charge in [0.25, 0.3) is 5.91 Å². The molecule has 176 valence electrons. The van der Waals surface area contributed by atoms with E-state index in [1.54, 1.807) is 18.2 Å². The number of phenols is 1.